The van der Waals surface area contributed by atoms with Gasteiger partial charge in [-0.3, -0.25) is 0 Å². The van der Waals surface area contributed by atoms with Crippen LogP contribution in [-0.2, 0) is 23.3 Å². The number of carbonyl (C=O) groups is 1. The third-order valence-electron chi connectivity index (χ3n) is 4.89. The monoisotopic (exact) mass is 465 g/mol. The number of thiophene rings is 1. The summed E-state index contributed by atoms with van der Waals surface area (Å²) in [6, 6.07) is 3.63. The quantitative estimate of drug-likeness (QED) is 0.549. The molecule has 1 unspecified atom stereocenters. The Kier molecular flexibility index (Phi) is 4.95. The first-order valence-electron chi connectivity index (χ1n) is 8.45. The molecule has 5 nitrogen and oxygen atoms in total. The van der Waals surface area contributed by atoms with E-state index in [0.717, 1.165) is 35.5 Å². The zero-order valence-electron chi connectivity index (χ0n) is 14.5. The van der Waals surface area contributed by atoms with Crippen LogP contribution in [0.1, 0.15) is 34.4 Å². The van der Waals surface area contributed by atoms with Crippen LogP contribution in [0.15, 0.2) is 23.4 Å². The third kappa shape index (κ3) is 3.45. The summed E-state index contributed by atoms with van der Waals surface area (Å²) in [7, 11) is 0. The number of hydrogen-bond acceptors (Lipinski definition) is 5. The molecule has 2 aromatic rings. The lowest BCUT2D eigenvalue weighted by atomic mass is 9.87. The SMILES string of the molecule is O=C(O)Oc1sc(C2=NOC(c3cc(Cl)cc(Cl)c3)(C(F)(F)F)C2)c2c1CCC2. The van der Waals surface area contributed by atoms with Gasteiger partial charge in [-0.1, -0.05) is 39.7 Å². The first kappa shape index (κ1) is 20.3. The first-order chi connectivity index (χ1) is 13.6. The summed E-state index contributed by atoms with van der Waals surface area (Å²) in [5.74, 6) is 0. The number of nitrogens with zero attached hydrogens (tertiary/aromatic N) is 1. The highest BCUT2D eigenvalue weighted by atomic mass is 35.5. The number of carboxylic acid groups (broad SMARTS) is 1. The lowest BCUT2D eigenvalue weighted by molar-refractivity contribution is -0.275. The second kappa shape index (κ2) is 7.07. The summed E-state index contributed by atoms with van der Waals surface area (Å²) >= 11 is 12.8. The zero-order chi connectivity index (χ0) is 21.0. The fourth-order valence-electron chi connectivity index (χ4n) is 3.64. The van der Waals surface area contributed by atoms with Crippen molar-refractivity contribution in [3.05, 3.63) is 49.8 Å². The smallest absolute Gasteiger partial charge is 0.449 e. The van der Waals surface area contributed by atoms with Gasteiger partial charge in [0.05, 0.1) is 11.3 Å². The van der Waals surface area contributed by atoms with Crippen LogP contribution in [0, 0.1) is 0 Å². The fourth-order valence-corrected chi connectivity index (χ4v) is 5.39. The number of alkyl halides is 3. The highest BCUT2D eigenvalue weighted by molar-refractivity contribution is 7.16. The molecule has 1 N–H and O–H groups in total. The van der Waals surface area contributed by atoms with Crippen LogP contribution >= 0.6 is 34.5 Å². The average Bonchev–Trinajstić information content (AvgIpc) is 3.29. The van der Waals surface area contributed by atoms with Crippen molar-refractivity contribution in [1.82, 2.24) is 0 Å². The Morgan fingerprint density at radius 1 is 1.21 bits per heavy atom. The largest absolute Gasteiger partial charge is 0.512 e. The van der Waals surface area contributed by atoms with Gasteiger partial charge in [0.1, 0.15) is 5.71 Å². The molecule has 0 saturated heterocycles. The molecular formula is C18H12Cl2F3NO4S. The summed E-state index contributed by atoms with van der Waals surface area (Å²) in [6.07, 6.45) is -4.92. The number of halogens is 5. The van der Waals surface area contributed by atoms with E-state index < -0.39 is 24.4 Å². The molecular weight excluding hydrogens is 454 g/mol. The van der Waals surface area contributed by atoms with Crippen molar-refractivity contribution in [2.45, 2.75) is 37.5 Å². The zero-order valence-corrected chi connectivity index (χ0v) is 16.8. The van der Waals surface area contributed by atoms with Gasteiger partial charge in [-0.2, -0.15) is 13.2 Å². The molecule has 1 aliphatic heterocycles. The van der Waals surface area contributed by atoms with Gasteiger partial charge in [-0.25, -0.2) is 4.79 Å². The molecule has 0 saturated carbocycles. The van der Waals surface area contributed by atoms with Gasteiger partial charge < -0.3 is 14.7 Å². The topological polar surface area (TPSA) is 68.1 Å². The maximum Gasteiger partial charge on any atom is 0.512 e. The summed E-state index contributed by atoms with van der Waals surface area (Å²) < 4.78 is 47.2. The molecule has 2 heterocycles. The minimum Gasteiger partial charge on any atom is -0.449 e. The van der Waals surface area contributed by atoms with E-state index in [-0.39, 0.29) is 26.4 Å². The number of rotatable bonds is 3. The minimum absolute atomic E-state index is 0.0438. The standard InChI is InChI=1S/C18H12Cl2F3NO4S/c19-9-4-8(5-10(20)6-9)17(18(21,22)23)7-13(24-28-17)14-11-2-1-3-12(11)15(29-14)27-16(25)26/h4-6H,1-3,7H2,(H,25,26). The lowest BCUT2D eigenvalue weighted by Gasteiger charge is -2.29. The van der Waals surface area contributed by atoms with E-state index in [9.17, 15) is 18.0 Å². The molecule has 154 valence electrons. The molecule has 1 aliphatic carbocycles. The van der Waals surface area contributed by atoms with E-state index in [2.05, 4.69) is 5.16 Å². The van der Waals surface area contributed by atoms with Crippen molar-refractivity contribution < 1.29 is 32.6 Å². The van der Waals surface area contributed by atoms with Crippen LogP contribution in [0.3, 0.4) is 0 Å². The van der Waals surface area contributed by atoms with Crippen molar-refractivity contribution in [3.63, 3.8) is 0 Å². The van der Waals surface area contributed by atoms with E-state index >= 15 is 0 Å². The van der Waals surface area contributed by atoms with E-state index in [1.165, 1.54) is 6.07 Å². The molecule has 1 atom stereocenters. The van der Waals surface area contributed by atoms with Crippen molar-refractivity contribution in [3.8, 4) is 5.06 Å². The molecule has 1 aromatic heterocycles. The Bertz CT molecular complexity index is 1020. The van der Waals surface area contributed by atoms with Gasteiger partial charge >= 0.3 is 12.3 Å². The Hall–Kier alpha value is -1.97. The molecule has 11 heteroatoms. The summed E-state index contributed by atoms with van der Waals surface area (Å²) in [6.45, 7) is 0. The van der Waals surface area contributed by atoms with Gasteiger partial charge in [0.25, 0.3) is 5.60 Å². The molecule has 0 fully saturated rings. The van der Waals surface area contributed by atoms with Crippen LogP contribution < -0.4 is 4.74 Å². The second-order valence-corrected chi connectivity index (χ2v) is 8.54. The number of ether oxygens (including phenoxy) is 1. The number of fused-ring (bicyclic) bond motifs is 1. The molecule has 2 aliphatic rings. The minimum atomic E-state index is -4.80. The Morgan fingerprint density at radius 3 is 2.48 bits per heavy atom. The molecule has 0 radical (unpaired) electrons. The third-order valence-corrected chi connectivity index (χ3v) is 6.53. The first-order valence-corrected chi connectivity index (χ1v) is 10.0. The van der Waals surface area contributed by atoms with Gasteiger partial charge in [0.2, 0.25) is 0 Å². The summed E-state index contributed by atoms with van der Waals surface area (Å²) in [5, 5.41) is 12.9. The Morgan fingerprint density at radius 2 is 1.86 bits per heavy atom. The highest BCUT2D eigenvalue weighted by Gasteiger charge is 2.62. The maximum atomic E-state index is 14.1. The van der Waals surface area contributed by atoms with Crippen LogP contribution in [0.2, 0.25) is 10.0 Å². The van der Waals surface area contributed by atoms with Crippen molar-refractivity contribution in [2.75, 3.05) is 0 Å². The molecule has 0 amide bonds. The van der Waals surface area contributed by atoms with Crippen molar-refractivity contribution in [2.24, 2.45) is 5.16 Å². The Balaban J connectivity index is 1.75. The number of oxime groups is 1. The average molecular weight is 466 g/mol. The van der Waals surface area contributed by atoms with E-state index in [1.54, 1.807) is 0 Å². The molecule has 29 heavy (non-hydrogen) atoms. The van der Waals surface area contributed by atoms with Crippen LogP contribution in [0.5, 0.6) is 5.06 Å². The van der Waals surface area contributed by atoms with Crippen molar-refractivity contribution >= 4 is 46.4 Å². The number of benzene rings is 1. The highest BCUT2D eigenvalue weighted by Crippen LogP contribution is 2.51. The summed E-state index contributed by atoms with van der Waals surface area (Å²) in [5.41, 5.74) is -1.44. The normalized spacial score (nSPS) is 20.9. The molecule has 1 aromatic carbocycles. The van der Waals surface area contributed by atoms with Gasteiger partial charge in [0, 0.05) is 21.2 Å². The fraction of sp³-hybridized carbons (Fsp3) is 0.333. The van der Waals surface area contributed by atoms with E-state index in [0.29, 0.717) is 23.3 Å². The summed E-state index contributed by atoms with van der Waals surface area (Å²) in [4.78, 5) is 16.4. The van der Waals surface area contributed by atoms with Crippen LogP contribution in [0.25, 0.3) is 0 Å². The van der Waals surface area contributed by atoms with Gasteiger partial charge in [-0.15, -0.1) is 0 Å². The van der Waals surface area contributed by atoms with E-state index in [1.807, 2.05) is 0 Å². The van der Waals surface area contributed by atoms with Crippen molar-refractivity contribution in [1.29, 1.82) is 0 Å². The molecule has 0 bridgehead atoms. The predicted octanol–water partition coefficient (Wildman–Crippen LogP) is 6.18. The van der Waals surface area contributed by atoms with Crippen LogP contribution in [-0.4, -0.2) is 23.1 Å². The molecule has 0 spiro atoms. The van der Waals surface area contributed by atoms with Crippen LogP contribution in [0.4, 0.5) is 18.0 Å². The molecule has 4 rings (SSSR count). The number of hydrogen-bond donors (Lipinski definition) is 1. The van der Waals surface area contributed by atoms with Gasteiger partial charge in [0.15, 0.2) is 5.06 Å². The van der Waals surface area contributed by atoms with E-state index in [4.69, 9.17) is 37.9 Å². The maximum absolute atomic E-state index is 14.1. The predicted molar refractivity (Wildman–Crippen MR) is 101 cm³/mol. The lowest BCUT2D eigenvalue weighted by Crippen LogP contribution is -2.42. The van der Waals surface area contributed by atoms with Gasteiger partial charge in [-0.05, 0) is 43.0 Å². The Labute approximate surface area is 176 Å². The second-order valence-electron chi connectivity index (χ2n) is 6.69.